The minimum Gasteiger partial charge on any atom is -0.496 e. The first-order valence-corrected chi connectivity index (χ1v) is 9.10. The van der Waals surface area contributed by atoms with Crippen molar-refractivity contribution in [3.63, 3.8) is 0 Å². The molecule has 0 heterocycles. The Balaban J connectivity index is 2.80. The third-order valence-corrected chi connectivity index (χ3v) is 4.96. The SMILES string of the molecule is COc1ccc([Si](C)(C)C)c2ccccc12. The lowest BCUT2D eigenvalue weighted by Gasteiger charge is -2.20. The fraction of sp³-hybridized carbons (Fsp3) is 0.286. The topological polar surface area (TPSA) is 9.23 Å². The smallest absolute Gasteiger partial charge is 0.126 e. The van der Waals surface area contributed by atoms with Crippen molar-refractivity contribution in [3.8, 4) is 5.75 Å². The van der Waals surface area contributed by atoms with Crippen LogP contribution in [0.5, 0.6) is 5.75 Å². The minimum atomic E-state index is -1.29. The molecule has 0 N–H and O–H groups in total. The lowest BCUT2D eigenvalue weighted by molar-refractivity contribution is 0.420. The van der Waals surface area contributed by atoms with E-state index in [1.54, 1.807) is 7.11 Å². The molecule has 0 amide bonds. The summed E-state index contributed by atoms with van der Waals surface area (Å²) in [5.74, 6) is 0.970. The zero-order valence-corrected chi connectivity index (χ0v) is 11.4. The largest absolute Gasteiger partial charge is 0.496 e. The maximum Gasteiger partial charge on any atom is 0.126 e. The Labute approximate surface area is 98.1 Å². The van der Waals surface area contributed by atoms with Crippen LogP contribution in [0.15, 0.2) is 36.4 Å². The Morgan fingerprint density at radius 2 is 1.50 bits per heavy atom. The third-order valence-electron chi connectivity index (χ3n) is 2.91. The molecule has 1 nitrogen and oxygen atoms in total. The van der Waals surface area contributed by atoms with E-state index in [1.807, 2.05) is 0 Å². The van der Waals surface area contributed by atoms with Gasteiger partial charge in [0.2, 0.25) is 0 Å². The summed E-state index contributed by atoms with van der Waals surface area (Å²) in [5.41, 5.74) is 0. The van der Waals surface area contributed by atoms with Crippen LogP contribution >= 0.6 is 0 Å². The maximum absolute atomic E-state index is 5.41. The average Bonchev–Trinajstić information content (AvgIpc) is 2.26. The number of fused-ring (bicyclic) bond motifs is 1. The summed E-state index contributed by atoms with van der Waals surface area (Å²) in [7, 11) is 0.443. The highest BCUT2D eigenvalue weighted by Crippen LogP contribution is 2.25. The number of rotatable bonds is 2. The molecule has 16 heavy (non-hydrogen) atoms. The second kappa shape index (κ2) is 3.94. The van der Waals surface area contributed by atoms with Gasteiger partial charge in [-0.1, -0.05) is 55.2 Å². The van der Waals surface area contributed by atoms with Crippen LogP contribution in [0.2, 0.25) is 19.6 Å². The maximum atomic E-state index is 5.41. The predicted octanol–water partition coefficient (Wildman–Crippen LogP) is 3.39. The number of methoxy groups -OCH3 is 1. The summed E-state index contributed by atoms with van der Waals surface area (Å²) in [6.07, 6.45) is 0. The van der Waals surface area contributed by atoms with Crippen molar-refractivity contribution in [1.29, 1.82) is 0 Å². The Morgan fingerprint density at radius 3 is 2.06 bits per heavy atom. The lowest BCUT2D eigenvalue weighted by atomic mass is 10.1. The van der Waals surface area contributed by atoms with E-state index < -0.39 is 8.07 Å². The molecule has 84 valence electrons. The van der Waals surface area contributed by atoms with Crippen LogP contribution in [0, 0.1) is 0 Å². The van der Waals surface area contributed by atoms with Gasteiger partial charge in [0.05, 0.1) is 15.2 Å². The van der Waals surface area contributed by atoms with E-state index in [9.17, 15) is 0 Å². The van der Waals surface area contributed by atoms with Crippen molar-refractivity contribution >= 4 is 24.0 Å². The van der Waals surface area contributed by atoms with E-state index in [0.717, 1.165) is 5.75 Å². The highest BCUT2D eigenvalue weighted by Gasteiger charge is 2.19. The second-order valence-electron chi connectivity index (χ2n) is 5.11. The van der Waals surface area contributed by atoms with Crippen LogP contribution in [0.25, 0.3) is 10.8 Å². The molecular formula is C14H18OSi. The standard InChI is InChI=1S/C14H18OSi/c1-15-13-9-10-14(16(2,3)4)12-8-6-5-7-11(12)13/h5-10H,1-4H3. The number of hydrogen-bond acceptors (Lipinski definition) is 1. The van der Waals surface area contributed by atoms with Crippen molar-refractivity contribution in [3.05, 3.63) is 36.4 Å². The van der Waals surface area contributed by atoms with Crippen LogP contribution in [-0.4, -0.2) is 15.2 Å². The van der Waals surface area contributed by atoms with Crippen LogP contribution in [0.1, 0.15) is 0 Å². The van der Waals surface area contributed by atoms with Crippen LogP contribution < -0.4 is 9.92 Å². The van der Waals surface area contributed by atoms with Gasteiger partial charge in [-0.15, -0.1) is 0 Å². The normalized spacial score (nSPS) is 11.8. The highest BCUT2D eigenvalue weighted by molar-refractivity contribution is 6.90. The molecule has 0 aromatic heterocycles. The number of benzene rings is 2. The summed E-state index contributed by atoms with van der Waals surface area (Å²) < 4.78 is 5.41. The summed E-state index contributed by atoms with van der Waals surface area (Å²) in [4.78, 5) is 0. The fourth-order valence-electron chi connectivity index (χ4n) is 2.10. The van der Waals surface area contributed by atoms with Gasteiger partial charge in [-0.05, 0) is 11.5 Å². The van der Waals surface area contributed by atoms with Crippen molar-refractivity contribution in [2.24, 2.45) is 0 Å². The van der Waals surface area contributed by atoms with Crippen molar-refractivity contribution < 1.29 is 4.74 Å². The van der Waals surface area contributed by atoms with Crippen LogP contribution in [0.3, 0.4) is 0 Å². The molecule has 0 spiro atoms. The highest BCUT2D eigenvalue weighted by atomic mass is 28.3. The van der Waals surface area contributed by atoms with E-state index in [-0.39, 0.29) is 0 Å². The Morgan fingerprint density at radius 1 is 0.875 bits per heavy atom. The molecule has 2 rings (SSSR count). The molecule has 2 heteroatoms. The van der Waals surface area contributed by atoms with Crippen molar-refractivity contribution in [2.75, 3.05) is 7.11 Å². The van der Waals surface area contributed by atoms with E-state index in [0.29, 0.717) is 0 Å². The summed E-state index contributed by atoms with van der Waals surface area (Å²) in [5, 5.41) is 4.08. The Hall–Kier alpha value is -1.28. The molecule has 0 saturated carbocycles. The molecule has 0 saturated heterocycles. The van der Waals surface area contributed by atoms with Gasteiger partial charge < -0.3 is 4.74 Å². The van der Waals surface area contributed by atoms with Crippen LogP contribution in [-0.2, 0) is 0 Å². The van der Waals surface area contributed by atoms with Gasteiger partial charge in [0.1, 0.15) is 5.75 Å². The molecule has 0 radical (unpaired) electrons. The van der Waals surface area contributed by atoms with E-state index in [4.69, 9.17) is 4.74 Å². The summed E-state index contributed by atoms with van der Waals surface area (Å²) in [6.45, 7) is 7.13. The van der Waals surface area contributed by atoms with Gasteiger partial charge >= 0.3 is 0 Å². The van der Waals surface area contributed by atoms with Gasteiger partial charge in [-0.2, -0.15) is 0 Å². The first-order valence-electron chi connectivity index (χ1n) is 5.60. The van der Waals surface area contributed by atoms with Gasteiger partial charge in [-0.3, -0.25) is 0 Å². The Bertz CT molecular complexity index is 512. The monoisotopic (exact) mass is 230 g/mol. The molecule has 0 atom stereocenters. The van der Waals surface area contributed by atoms with E-state index in [2.05, 4.69) is 56.0 Å². The van der Waals surface area contributed by atoms with Crippen molar-refractivity contribution in [2.45, 2.75) is 19.6 Å². The molecule has 0 bridgehead atoms. The quantitative estimate of drug-likeness (QED) is 0.719. The molecule has 0 fully saturated rings. The van der Waals surface area contributed by atoms with Gasteiger partial charge in [-0.25, -0.2) is 0 Å². The number of ether oxygens (including phenoxy) is 1. The minimum absolute atomic E-state index is 0.970. The zero-order valence-electron chi connectivity index (χ0n) is 10.4. The molecule has 0 aliphatic carbocycles. The molecule has 0 unspecified atom stereocenters. The Kier molecular flexibility index (Phi) is 2.76. The first-order chi connectivity index (χ1) is 7.54. The lowest BCUT2D eigenvalue weighted by Crippen LogP contribution is -2.38. The van der Waals surface area contributed by atoms with E-state index >= 15 is 0 Å². The first kappa shape index (κ1) is 11.2. The molecule has 2 aromatic rings. The molecule has 0 aliphatic heterocycles. The van der Waals surface area contributed by atoms with Crippen molar-refractivity contribution in [1.82, 2.24) is 0 Å². The summed E-state index contributed by atoms with van der Waals surface area (Å²) >= 11 is 0. The number of hydrogen-bond donors (Lipinski definition) is 0. The van der Waals surface area contributed by atoms with E-state index in [1.165, 1.54) is 16.0 Å². The predicted molar refractivity (Wildman–Crippen MR) is 73.5 cm³/mol. The molecule has 2 aromatic carbocycles. The molecular weight excluding hydrogens is 212 g/mol. The molecule has 0 aliphatic rings. The van der Waals surface area contributed by atoms with Gasteiger partial charge in [0.15, 0.2) is 0 Å². The van der Waals surface area contributed by atoms with Gasteiger partial charge in [0, 0.05) is 5.39 Å². The second-order valence-corrected chi connectivity index (χ2v) is 10.1. The van der Waals surface area contributed by atoms with Crippen LogP contribution in [0.4, 0.5) is 0 Å². The summed E-state index contributed by atoms with van der Waals surface area (Å²) in [6, 6.07) is 12.8. The van der Waals surface area contributed by atoms with Gasteiger partial charge in [0.25, 0.3) is 0 Å². The average molecular weight is 230 g/mol. The fourth-order valence-corrected chi connectivity index (χ4v) is 3.71. The zero-order chi connectivity index (χ0) is 11.8. The third kappa shape index (κ3) is 1.85.